The van der Waals surface area contributed by atoms with Crippen LogP contribution in [0.4, 0.5) is 5.69 Å². The van der Waals surface area contributed by atoms with E-state index in [0.717, 1.165) is 17.7 Å². The summed E-state index contributed by atoms with van der Waals surface area (Å²) >= 11 is 1.62. The van der Waals surface area contributed by atoms with Crippen LogP contribution in [0.5, 0.6) is 5.75 Å². The summed E-state index contributed by atoms with van der Waals surface area (Å²) in [6, 6.07) is 9.15. The molecule has 5 nitrogen and oxygen atoms in total. The summed E-state index contributed by atoms with van der Waals surface area (Å²) in [7, 11) is 3.38. The van der Waals surface area contributed by atoms with E-state index >= 15 is 0 Å². The molecule has 1 aromatic heterocycles. The van der Waals surface area contributed by atoms with Crippen LogP contribution in [0, 0.1) is 0 Å². The molecule has 27 heavy (non-hydrogen) atoms. The van der Waals surface area contributed by atoms with Crippen LogP contribution in [0.25, 0.3) is 0 Å². The lowest BCUT2D eigenvalue weighted by Gasteiger charge is -2.11. The highest BCUT2D eigenvalue weighted by Crippen LogP contribution is 2.29. The van der Waals surface area contributed by atoms with Crippen molar-refractivity contribution in [2.24, 2.45) is 0 Å². The number of hydrogen-bond donors (Lipinski definition) is 1. The van der Waals surface area contributed by atoms with Crippen molar-refractivity contribution in [1.82, 2.24) is 4.90 Å². The fraction of sp³-hybridized carbons (Fsp3) is 0.429. The Bertz CT molecular complexity index is 771. The average molecular weight is 387 g/mol. The van der Waals surface area contributed by atoms with E-state index in [4.69, 9.17) is 4.74 Å². The van der Waals surface area contributed by atoms with E-state index < -0.39 is 0 Å². The van der Waals surface area contributed by atoms with Gasteiger partial charge in [0.1, 0.15) is 5.75 Å². The minimum Gasteiger partial charge on any atom is -0.484 e. The molecule has 1 heterocycles. The van der Waals surface area contributed by atoms with Crippen molar-refractivity contribution in [1.29, 1.82) is 0 Å². The van der Waals surface area contributed by atoms with Crippen LogP contribution in [-0.2, 0) is 17.6 Å². The third-order valence-corrected chi connectivity index (χ3v) is 5.93. The number of rotatable bonds is 5. The van der Waals surface area contributed by atoms with Gasteiger partial charge in [0.25, 0.3) is 11.8 Å². The Morgan fingerprint density at radius 1 is 1.07 bits per heavy atom. The van der Waals surface area contributed by atoms with Gasteiger partial charge in [0.15, 0.2) is 6.61 Å². The lowest BCUT2D eigenvalue weighted by Crippen LogP contribution is -2.27. The molecule has 1 N–H and O–H groups in total. The van der Waals surface area contributed by atoms with Gasteiger partial charge in [0.2, 0.25) is 0 Å². The van der Waals surface area contributed by atoms with E-state index in [1.807, 2.05) is 0 Å². The number of anilines is 1. The maximum absolute atomic E-state index is 12.6. The molecule has 2 aromatic rings. The van der Waals surface area contributed by atoms with E-state index in [0.29, 0.717) is 11.4 Å². The van der Waals surface area contributed by atoms with Crippen LogP contribution in [0.3, 0.4) is 0 Å². The molecule has 6 heteroatoms. The summed E-state index contributed by atoms with van der Waals surface area (Å²) in [5.41, 5.74) is 2.06. The molecule has 3 rings (SSSR count). The van der Waals surface area contributed by atoms with Gasteiger partial charge >= 0.3 is 0 Å². The quantitative estimate of drug-likeness (QED) is 0.841. The van der Waals surface area contributed by atoms with Crippen molar-refractivity contribution in [2.45, 2.75) is 38.5 Å². The summed E-state index contributed by atoms with van der Waals surface area (Å²) in [5.74, 6) is 0.436. The molecular formula is C21H26N2O3S. The van der Waals surface area contributed by atoms with Crippen LogP contribution >= 0.6 is 11.3 Å². The number of carbonyl (C=O) groups is 2. The number of thiophene rings is 1. The number of likely N-dealkylation sites (N-methyl/N-ethyl adjacent to an activating group) is 1. The van der Waals surface area contributed by atoms with Crippen LogP contribution in [-0.4, -0.2) is 37.4 Å². The van der Waals surface area contributed by atoms with E-state index in [1.165, 1.54) is 41.0 Å². The molecule has 2 amide bonds. The smallest absolute Gasteiger partial charge is 0.265 e. The van der Waals surface area contributed by atoms with Gasteiger partial charge in [-0.05, 0) is 61.6 Å². The van der Waals surface area contributed by atoms with E-state index in [9.17, 15) is 9.59 Å². The average Bonchev–Trinajstić information content (AvgIpc) is 3.03. The third kappa shape index (κ3) is 5.32. The summed E-state index contributed by atoms with van der Waals surface area (Å²) in [6.07, 6.45) is 7.16. The van der Waals surface area contributed by atoms with E-state index in [1.54, 1.807) is 49.7 Å². The van der Waals surface area contributed by atoms with Crippen molar-refractivity contribution >= 4 is 28.8 Å². The van der Waals surface area contributed by atoms with Gasteiger partial charge in [-0.3, -0.25) is 9.59 Å². The van der Waals surface area contributed by atoms with Gasteiger partial charge in [0.05, 0.1) is 4.88 Å². The molecule has 0 spiro atoms. The van der Waals surface area contributed by atoms with Crippen molar-refractivity contribution in [3.63, 3.8) is 0 Å². The van der Waals surface area contributed by atoms with Gasteiger partial charge < -0.3 is 15.0 Å². The fourth-order valence-corrected chi connectivity index (χ4v) is 4.21. The van der Waals surface area contributed by atoms with E-state index in [-0.39, 0.29) is 18.4 Å². The molecule has 1 aliphatic carbocycles. The second kappa shape index (κ2) is 9.04. The summed E-state index contributed by atoms with van der Waals surface area (Å²) in [4.78, 5) is 27.8. The fourth-order valence-electron chi connectivity index (χ4n) is 3.06. The molecule has 0 aliphatic heterocycles. The van der Waals surface area contributed by atoms with Gasteiger partial charge in [-0.25, -0.2) is 0 Å². The normalized spacial score (nSPS) is 13.9. The Hall–Kier alpha value is -2.34. The van der Waals surface area contributed by atoms with Crippen molar-refractivity contribution < 1.29 is 14.3 Å². The molecule has 0 saturated heterocycles. The highest BCUT2D eigenvalue weighted by Gasteiger charge is 2.16. The zero-order chi connectivity index (χ0) is 19.2. The number of aryl methyl sites for hydroxylation is 2. The molecular weight excluding hydrogens is 360 g/mol. The SMILES string of the molecule is CN(C)C(=O)COc1ccc(NC(=O)c2cc3c(s2)CCCCCC3)cc1. The molecule has 0 saturated carbocycles. The van der Waals surface area contributed by atoms with Crippen LogP contribution in [0.2, 0.25) is 0 Å². The van der Waals surface area contributed by atoms with Crippen molar-refractivity contribution in [3.8, 4) is 5.75 Å². The van der Waals surface area contributed by atoms with E-state index in [2.05, 4.69) is 11.4 Å². The van der Waals surface area contributed by atoms with Crippen LogP contribution in [0.1, 0.15) is 45.8 Å². The number of nitrogens with zero attached hydrogens (tertiary/aromatic N) is 1. The highest BCUT2D eigenvalue weighted by molar-refractivity contribution is 7.14. The zero-order valence-electron chi connectivity index (χ0n) is 15.9. The Balaban J connectivity index is 1.59. The number of amides is 2. The van der Waals surface area contributed by atoms with Gasteiger partial charge in [0, 0.05) is 24.7 Å². The Kier molecular flexibility index (Phi) is 6.50. The topological polar surface area (TPSA) is 58.6 Å². The van der Waals surface area contributed by atoms with Gasteiger partial charge in [-0.2, -0.15) is 0 Å². The number of benzene rings is 1. The first-order valence-corrected chi connectivity index (χ1v) is 10.2. The lowest BCUT2D eigenvalue weighted by molar-refractivity contribution is -0.130. The summed E-state index contributed by atoms with van der Waals surface area (Å²) < 4.78 is 5.45. The van der Waals surface area contributed by atoms with Crippen LogP contribution in [0.15, 0.2) is 30.3 Å². The van der Waals surface area contributed by atoms with Gasteiger partial charge in [-0.1, -0.05) is 12.8 Å². The zero-order valence-corrected chi connectivity index (χ0v) is 16.7. The Labute approximate surface area is 164 Å². The molecule has 0 atom stereocenters. The summed E-state index contributed by atoms with van der Waals surface area (Å²) in [5, 5.41) is 2.95. The number of hydrogen-bond acceptors (Lipinski definition) is 4. The van der Waals surface area contributed by atoms with Crippen molar-refractivity contribution in [2.75, 3.05) is 26.0 Å². The standard InChI is InChI=1S/C21H26N2O3S/c1-23(2)20(24)14-26-17-11-9-16(10-12-17)22-21(25)19-13-15-7-5-3-4-6-8-18(15)27-19/h9-13H,3-8,14H2,1-2H3,(H,22,25). The predicted molar refractivity (Wildman–Crippen MR) is 109 cm³/mol. The Morgan fingerprint density at radius 3 is 2.48 bits per heavy atom. The molecule has 0 radical (unpaired) electrons. The number of carbonyl (C=O) groups excluding carboxylic acids is 2. The molecule has 0 unspecified atom stereocenters. The van der Waals surface area contributed by atoms with Crippen LogP contribution < -0.4 is 10.1 Å². The molecule has 0 fully saturated rings. The minimum absolute atomic E-state index is 0.000541. The van der Waals surface area contributed by atoms with Crippen molar-refractivity contribution in [3.05, 3.63) is 45.6 Å². The summed E-state index contributed by atoms with van der Waals surface area (Å²) in [6.45, 7) is -0.000541. The monoisotopic (exact) mass is 386 g/mol. The Morgan fingerprint density at radius 2 is 1.78 bits per heavy atom. The first-order valence-electron chi connectivity index (χ1n) is 9.39. The lowest BCUT2D eigenvalue weighted by atomic mass is 10.00. The maximum atomic E-state index is 12.6. The number of fused-ring (bicyclic) bond motifs is 1. The number of nitrogens with one attached hydrogen (secondary N) is 1. The highest BCUT2D eigenvalue weighted by atomic mass is 32.1. The molecule has 0 bridgehead atoms. The first kappa shape index (κ1) is 19.4. The third-order valence-electron chi connectivity index (χ3n) is 4.69. The molecule has 144 valence electrons. The largest absolute Gasteiger partial charge is 0.484 e. The minimum atomic E-state index is -0.0966. The molecule has 1 aromatic carbocycles. The maximum Gasteiger partial charge on any atom is 0.265 e. The first-order chi connectivity index (χ1) is 13.0. The van der Waals surface area contributed by atoms with Gasteiger partial charge in [-0.15, -0.1) is 11.3 Å². The second-order valence-corrected chi connectivity index (χ2v) is 8.17. The molecule has 1 aliphatic rings. The second-order valence-electron chi connectivity index (χ2n) is 7.03. The predicted octanol–water partition coefficient (Wildman–Crippen LogP) is 4.13. The number of ether oxygens (including phenoxy) is 1.